The van der Waals surface area contributed by atoms with Crippen LogP contribution in [0.15, 0.2) is 24.3 Å². The van der Waals surface area contributed by atoms with Crippen molar-refractivity contribution in [2.45, 2.75) is 25.1 Å². The summed E-state index contributed by atoms with van der Waals surface area (Å²) in [5.74, 6) is -0.357. The normalized spacial score (nSPS) is 12.2. The van der Waals surface area contributed by atoms with Crippen LogP contribution in [0, 0.1) is 5.82 Å². The Morgan fingerprint density at radius 2 is 2.06 bits per heavy atom. The number of carbonyl (C=O) groups excluding carboxylic acids is 1. The molecule has 0 spiro atoms. The van der Waals surface area contributed by atoms with E-state index in [2.05, 4.69) is 5.32 Å². The minimum absolute atomic E-state index is 0.0612. The van der Waals surface area contributed by atoms with Crippen LogP contribution in [0.5, 0.6) is 0 Å². The van der Waals surface area contributed by atoms with Crippen LogP contribution >= 0.6 is 11.6 Å². The third kappa shape index (κ3) is 5.12. The summed E-state index contributed by atoms with van der Waals surface area (Å²) in [6, 6.07) is 5.92. The molecule has 16 heavy (non-hydrogen) atoms. The van der Waals surface area contributed by atoms with E-state index in [4.69, 9.17) is 11.6 Å². The lowest BCUT2D eigenvalue weighted by molar-refractivity contribution is -0.120. The Balaban J connectivity index is 2.31. The summed E-state index contributed by atoms with van der Waals surface area (Å²) in [4.78, 5) is 11.4. The van der Waals surface area contributed by atoms with Crippen LogP contribution in [0.4, 0.5) is 4.39 Å². The molecule has 1 aromatic rings. The van der Waals surface area contributed by atoms with Gasteiger partial charge in [-0.25, -0.2) is 4.39 Å². The highest BCUT2D eigenvalue weighted by Gasteiger charge is 2.03. The van der Waals surface area contributed by atoms with Crippen molar-refractivity contribution in [2.75, 3.05) is 6.54 Å². The molecule has 1 N–H and O–H groups in total. The molecule has 0 bridgehead atoms. The van der Waals surface area contributed by atoms with Crippen molar-refractivity contribution in [2.24, 2.45) is 0 Å². The van der Waals surface area contributed by atoms with Gasteiger partial charge in [0.2, 0.25) is 5.91 Å². The number of halogens is 2. The molecule has 1 amide bonds. The number of amides is 1. The first kappa shape index (κ1) is 13.0. The van der Waals surface area contributed by atoms with Gasteiger partial charge in [0, 0.05) is 11.9 Å². The number of rotatable bonds is 5. The Labute approximate surface area is 99.8 Å². The van der Waals surface area contributed by atoms with Crippen molar-refractivity contribution in [3.63, 3.8) is 0 Å². The van der Waals surface area contributed by atoms with Gasteiger partial charge in [0.25, 0.3) is 0 Å². The molecule has 0 heterocycles. The zero-order chi connectivity index (χ0) is 12.0. The van der Waals surface area contributed by atoms with Gasteiger partial charge in [-0.15, -0.1) is 11.6 Å². The summed E-state index contributed by atoms with van der Waals surface area (Å²) >= 11 is 5.75. The fraction of sp³-hybridized carbons (Fsp3) is 0.417. The molecule has 0 radical (unpaired) electrons. The lowest BCUT2D eigenvalue weighted by atomic mass is 10.1. The summed E-state index contributed by atoms with van der Waals surface area (Å²) in [5.41, 5.74) is 0.804. The highest BCUT2D eigenvalue weighted by molar-refractivity contribution is 6.20. The van der Waals surface area contributed by atoms with Crippen LogP contribution in [0.25, 0.3) is 0 Å². The Bertz CT molecular complexity index is 337. The first-order chi connectivity index (χ1) is 7.58. The predicted molar refractivity (Wildman–Crippen MR) is 63.0 cm³/mol. The lowest BCUT2D eigenvalue weighted by Gasteiger charge is -2.06. The van der Waals surface area contributed by atoms with Gasteiger partial charge in [-0.1, -0.05) is 12.1 Å². The van der Waals surface area contributed by atoms with Crippen molar-refractivity contribution in [3.05, 3.63) is 35.6 Å². The van der Waals surface area contributed by atoms with Gasteiger partial charge in [0.15, 0.2) is 0 Å². The first-order valence-corrected chi connectivity index (χ1v) is 5.67. The Hall–Kier alpha value is -1.09. The second kappa shape index (κ2) is 6.48. The smallest absolute Gasteiger partial charge is 0.224 e. The molecule has 0 saturated carbocycles. The minimum atomic E-state index is -0.292. The summed E-state index contributed by atoms with van der Waals surface area (Å²) in [6.45, 7) is 2.46. The Morgan fingerprint density at radius 1 is 1.44 bits per heavy atom. The highest BCUT2D eigenvalue weighted by Crippen LogP contribution is 2.03. The fourth-order valence-electron chi connectivity index (χ4n) is 1.26. The number of benzene rings is 1. The zero-order valence-corrected chi connectivity index (χ0v) is 9.93. The van der Waals surface area contributed by atoms with Gasteiger partial charge in [0.1, 0.15) is 5.82 Å². The second-order valence-electron chi connectivity index (χ2n) is 3.72. The molecule has 0 saturated heterocycles. The Kier molecular flexibility index (Phi) is 5.26. The average Bonchev–Trinajstić information content (AvgIpc) is 2.21. The number of alkyl halides is 1. The van der Waals surface area contributed by atoms with E-state index in [1.165, 1.54) is 12.1 Å². The number of hydrogen-bond acceptors (Lipinski definition) is 1. The van der Waals surface area contributed by atoms with E-state index in [0.29, 0.717) is 6.54 Å². The monoisotopic (exact) mass is 243 g/mol. The molecule has 2 nitrogen and oxygen atoms in total. The molecule has 0 aliphatic heterocycles. The molecule has 0 aliphatic carbocycles. The van der Waals surface area contributed by atoms with Crippen LogP contribution in [-0.4, -0.2) is 17.8 Å². The fourth-order valence-corrected chi connectivity index (χ4v) is 1.37. The molecule has 1 unspecified atom stereocenters. The van der Waals surface area contributed by atoms with E-state index in [0.717, 1.165) is 12.0 Å². The van der Waals surface area contributed by atoms with Gasteiger partial charge < -0.3 is 5.32 Å². The molecular weight excluding hydrogens is 229 g/mol. The van der Waals surface area contributed by atoms with Crippen molar-refractivity contribution in [1.29, 1.82) is 0 Å². The van der Waals surface area contributed by atoms with Crippen molar-refractivity contribution >= 4 is 17.5 Å². The van der Waals surface area contributed by atoms with Crippen LogP contribution < -0.4 is 5.32 Å². The van der Waals surface area contributed by atoms with E-state index in [9.17, 15) is 9.18 Å². The second-order valence-corrected chi connectivity index (χ2v) is 4.47. The third-order valence-corrected chi connectivity index (χ3v) is 2.36. The first-order valence-electron chi connectivity index (χ1n) is 5.23. The van der Waals surface area contributed by atoms with Gasteiger partial charge in [-0.05, 0) is 31.0 Å². The largest absolute Gasteiger partial charge is 0.356 e. The third-order valence-electron chi connectivity index (χ3n) is 2.14. The molecule has 1 atom stereocenters. The van der Waals surface area contributed by atoms with Gasteiger partial charge in [-0.2, -0.15) is 0 Å². The zero-order valence-electron chi connectivity index (χ0n) is 9.17. The average molecular weight is 244 g/mol. The maximum atomic E-state index is 12.6. The van der Waals surface area contributed by atoms with Crippen LogP contribution in [0.2, 0.25) is 0 Å². The maximum absolute atomic E-state index is 12.6. The highest BCUT2D eigenvalue weighted by atomic mass is 35.5. The van der Waals surface area contributed by atoms with Gasteiger partial charge in [0.05, 0.1) is 6.42 Å². The Morgan fingerprint density at radius 3 is 2.62 bits per heavy atom. The number of carbonyl (C=O) groups is 1. The molecule has 1 rings (SSSR count). The van der Waals surface area contributed by atoms with Crippen molar-refractivity contribution in [3.8, 4) is 0 Å². The van der Waals surface area contributed by atoms with E-state index < -0.39 is 0 Å². The van der Waals surface area contributed by atoms with Crippen LogP contribution in [0.3, 0.4) is 0 Å². The molecule has 0 aromatic heterocycles. The topological polar surface area (TPSA) is 29.1 Å². The standard InChI is InChI=1S/C12H15ClFNO/c1-9(13)6-7-15-12(16)8-10-2-4-11(14)5-3-10/h2-5,9H,6-8H2,1H3,(H,15,16). The minimum Gasteiger partial charge on any atom is -0.356 e. The van der Waals surface area contributed by atoms with Crippen molar-refractivity contribution < 1.29 is 9.18 Å². The van der Waals surface area contributed by atoms with Crippen LogP contribution in [-0.2, 0) is 11.2 Å². The molecule has 0 aliphatic rings. The van der Waals surface area contributed by atoms with E-state index in [1.54, 1.807) is 12.1 Å². The summed E-state index contributed by atoms with van der Waals surface area (Å²) in [5, 5.41) is 2.82. The summed E-state index contributed by atoms with van der Waals surface area (Å²) < 4.78 is 12.6. The van der Waals surface area contributed by atoms with Gasteiger partial charge in [-0.3, -0.25) is 4.79 Å². The lowest BCUT2D eigenvalue weighted by Crippen LogP contribution is -2.27. The van der Waals surface area contributed by atoms with Gasteiger partial charge >= 0.3 is 0 Å². The summed E-state index contributed by atoms with van der Waals surface area (Å²) in [6.07, 6.45) is 1.02. The summed E-state index contributed by atoms with van der Waals surface area (Å²) in [7, 11) is 0. The van der Waals surface area contributed by atoms with E-state index in [1.807, 2.05) is 6.92 Å². The molecule has 4 heteroatoms. The SMILES string of the molecule is CC(Cl)CCNC(=O)Cc1ccc(F)cc1. The number of hydrogen-bond donors (Lipinski definition) is 1. The number of nitrogens with one attached hydrogen (secondary N) is 1. The quantitative estimate of drug-likeness (QED) is 0.791. The van der Waals surface area contributed by atoms with Crippen molar-refractivity contribution in [1.82, 2.24) is 5.32 Å². The van der Waals surface area contributed by atoms with Crippen LogP contribution in [0.1, 0.15) is 18.9 Å². The molecule has 88 valence electrons. The van der Waals surface area contributed by atoms with E-state index >= 15 is 0 Å². The maximum Gasteiger partial charge on any atom is 0.224 e. The molecule has 0 fully saturated rings. The molecule has 1 aromatic carbocycles. The predicted octanol–water partition coefficient (Wildman–Crippen LogP) is 2.50. The molecular formula is C12H15ClFNO. The van der Waals surface area contributed by atoms with E-state index in [-0.39, 0.29) is 23.5 Å².